The Hall–Kier alpha value is -0.810. The van der Waals surface area contributed by atoms with Crippen LogP contribution >= 0.6 is 12.4 Å². The maximum absolute atomic E-state index is 9.83. The number of ether oxygens (including phenoxy) is 2. The lowest BCUT2D eigenvalue weighted by molar-refractivity contribution is 0.0606. The van der Waals surface area contributed by atoms with Gasteiger partial charge in [0.25, 0.3) is 0 Å². The molecule has 1 aromatic carbocycles. The van der Waals surface area contributed by atoms with E-state index in [1.54, 1.807) is 0 Å². The van der Waals surface area contributed by atoms with Gasteiger partial charge < -0.3 is 19.9 Å². The minimum absolute atomic E-state index is 0. The molecule has 5 heteroatoms. The van der Waals surface area contributed by atoms with E-state index in [0.29, 0.717) is 25.3 Å². The maximum Gasteiger partial charge on any atom is 0.119 e. The summed E-state index contributed by atoms with van der Waals surface area (Å²) < 4.78 is 11.5. The number of nitrogens with one attached hydrogen (secondary N) is 1. The standard InChI is InChI=1S/C19H31NO3.ClH/c1-15(2)20-13-17(21)14-23-19-9-7-16(8-10-19)11-12-22-18-5-3-4-6-18;/h7-10,15,17-18,20-21H,3-6,11-14H2,1-2H3;1H. The number of rotatable bonds is 10. The molecule has 0 bridgehead atoms. The van der Waals surface area contributed by atoms with Gasteiger partial charge in [-0.05, 0) is 37.0 Å². The SMILES string of the molecule is CC(C)NCC(O)COc1ccc(CCOC2CCCC2)cc1.Cl. The molecule has 0 heterocycles. The van der Waals surface area contributed by atoms with Crippen LogP contribution in [0.5, 0.6) is 5.75 Å². The number of hydrogen-bond acceptors (Lipinski definition) is 4. The van der Waals surface area contributed by atoms with Crippen LogP contribution in [0.3, 0.4) is 0 Å². The lowest BCUT2D eigenvalue weighted by Gasteiger charge is -2.15. The van der Waals surface area contributed by atoms with Gasteiger partial charge in [-0.15, -0.1) is 12.4 Å². The van der Waals surface area contributed by atoms with Crippen molar-refractivity contribution in [3.05, 3.63) is 29.8 Å². The van der Waals surface area contributed by atoms with Crippen LogP contribution in [0.2, 0.25) is 0 Å². The second-order valence-electron chi connectivity index (χ2n) is 6.70. The topological polar surface area (TPSA) is 50.7 Å². The van der Waals surface area contributed by atoms with Crippen LogP contribution in [0, 0.1) is 0 Å². The number of aliphatic hydroxyl groups is 1. The molecule has 4 nitrogen and oxygen atoms in total. The van der Waals surface area contributed by atoms with Crippen molar-refractivity contribution in [1.82, 2.24) is 5.32 Å². The molecule has 1 fully saturated rings. The van der Waals surface area contributed by atoms with E-state index in [4.69, 9.17) is 9.47 Å². The molecule has 1 aromatic rings. The Bertz CT molecular complexity index is 433. The number of halogens is 1. The summed E-state index contributed by atoms with van der Waals surface area (Å²) in [4.78, 5) is 0. The van der Waals surface area contributed by atoms with Crippen LogP contribution in [-0.4, -0.2) is 43.1 Å². The number of aliphatic hydroxyl groups excluding tert-OH is 1. The summed E-state index contributed by atoms with van der Waals surface area (Å²) >= 11 is 0. The minimum Gasteiger partial charge on any atom is -0.491 e. The van der Waals surface area contributed by atoms with Crippen molar-refractivity contribution in [2.24, 2.45) is 0 Å². The smallest absolute Gasteiger partial charge is 0.119 e. The average molecular weight is 358 g/mol. The summed E-state index contributed by atoms with van der Waals surface area (Å²) in [5.74, 6) is 0.800. The van der Waals surface area contributed by atoms with Crippen LogP contribution in [0.1, 0.15) is 45.1 Å². The van der Waals surface area contributed by atoms with Gasteiger partial charge in [-0.2, -0.15) is 0 Å². The van der Waals surface area contributed by atoms with E-state index in [-0.39, 0.29) is 12.4 Å². The van der Waals surface area contributed by atoms with Crippen molar-refractivity contribution in [2.45, 2.75) is 64.2 Å². The van der Waals surface area contributed by atoms with Gasteiger partial charge in [0, 0.05) is 12.6 Å². The third kappa shape index (κ3) is 8.34. The molecule has 1 atom stereocenters. The molecule has 138 valence electrons. The van der Waals surface area contributed by atoms with Crippen LogP contribution in [-0.2, 0) is 11.2 Å². The zero-order valence-electron chi connectivity index (χ0n) is 14.9. The van der Waals surface area contributed by atoms with E-state index in [1.807, 2.05) is 12.1 Å². The Morgan fingerprint density at radius 1 is 1.17 bits per heavy atom. The molecule has 0 radical (unpaired) electrons. The summed E-state index contributed by atoms with van der Waals surface area (Å²) in [6, 6.07) is 8.45. The van der Waals surface area contributed by atoms with Crippen LogP contribution in [0.4, 0.5) is 0 Å². The summed E-state index contributed by atoms with van der Waals surface area (Å²) in [6.07, 6.45) is 6.01. The summed E-state index contributed by atoms with van der Waals surface area (Å²) in [5.41, 5.74) is 1.26. The summed E-state index contributed by atoms with van der Waals surface area (Å²) in [7, 11) is 0. The Morgan fingerprint density at radius 2 is 1.83 bits per heavy atom. The third-order valence-electron chi connectivity index (χ3n) is 4.17. The molecule has 0 aromatic heterocycles. The van der Waals surface area contributed by atoms with Crippen molar-refractivity contribution in [3.8, 4) is 5.75 Å². The van der Waals surface area contributed by atoms with Gasteiger partial charge in [-0.25, -0.2) is 0 Å². The molecule has 0 saturated heterocycles. The molecule has 24 heavy (non-hydrogen) atoms. The highest BCUT2D eigenvalue weighted by Gasteiger charge is 2.14. The van der Waals surface area contributed by atoms with Crippen molar-refractivity contribution in [1.29, 1.82) is 0 Å². The zero-order valence-corrected chi connectivity index (χ0v) is 15.7. The van der Waals surface area contributed by atoms with Gasteiger partial charge in [-0.3, -0.25) is 0 Å². The predicted octanol–water partition coefficient (Wildman–Crippen LogP) is 3.35. The number of benzene rings is 1. The number of hydrogen-bond donors (Lipinski definition) is 2. The van der Waals surface area contributed by atoms with E-state index >= 15 is 0 Å². The zero-order chi connectivity index (χ0) is 16.5. The summed E-state index contributed by atoms with van der Waals surface area (Å²) in [6.45, 7) is 5.77. The highest BCUT2D eigenvalue weighted by atomic mass is 35.5. The van der Waals surface area contributed by atoms with E-state index in [2.05, 4.69) is 31.3 Å². The Morgan fingerprint density at radius 3 is 2.46 bits per heavy atom. The summed E-state index contributed by atoms with van der Waals surface area (Å²) in [5, 5.41) is 13.0. The first-order valence-corrected chi connectivity index (χ1v) is 8.88. The van der Waals surface area contributed by atoms with E-state index in [9.17, 15) is 5.11 Å². The molecule has 2 rings (SSSR count). The monoisotopic (exact) mass is 357 g/mol. The third-order valence-corrected chi connectivity index (χ3v) is 4.17. The van der Waals surface area contributed by atoms with Crippen molar-refractivity contribution in [3.63, 3.8) is 0 Å². The maximum atomic E-state index is 9.83. The first-order valence-electron chi connectivity index (χ1n) is 8.88. The lowest BCUT2D eigenvalue weighted by atomic mass is 10.1. The fourth-order valence-corrected chi connectivity index (χ4v) is 2.77. The molecule has 0 amide bonds. The van der Waals surface area contributed by atoms with Gasteiger partial charge in [0.15, 0.2) is 0 Å². The lowest BCUT2D eigenvalue weighted by Crippen LogP contribution is -2.35. The van der Waals surface area contributed by atoms with Crippen LogP contribution < -0.4 is 10.1 Å². The normalized spacial score (nSPS) is 16.2. The molecule has 0 aliphatic heterocycles. The van der Waals surface area contributed by atoms with E-state index in [0.717, 1.165) is 18.8 Å². The highest BCUT2D eigenvalue weighted by Crippen LogP contribution is 2.21. The average Bonchev–Trinajstić information content (AvgIpc) is 3.05. The predicted molar refractivity (Wildman–Crippen MR) is 100 cm³/mol. The van der Waals surface area contributed by atoms with Gasteiger partial charge in [0.1, 0.15) is 18.5 Å². The van der Waals surface area contributed by atoms with Crippen molar-refractivity contribution in [2.75, 3.05) is 19.8 Å². The second-order valence-corrected chi connectivity index (χ2v) is 6.70. The van der Waals surface area contributed by atoms with Gasteiger partial charge >= 0.3 is 0 Å². The largest absolute Gasteiger partial charge is 0.491 e. The molecule has 1 saturated carbocycles. The molecule has 1 aliphatic rings. The fourth-order valence-electron chi connectivity index (χ4n) is 2.77. The fraction of sp³-hybridized carbons (Fsp3) is 0.684. The van der Waals surface area contributed by atoms with Gasteiger partial charge in [0.05, 0.1) is 12.7 Å². The van der Waals surface area contributed by atoms with E-state index < -0.39 is 6.10 Å². The van der Waals surface area contributed by atoms with Crippen molar-refractivity contribution < 1.29 is 14.6 Å². The first-order chi connectivity index (χ1) is 11.1. The van der Waals surface area contributed by atoms with Gasteiger partial charge in [0.2, 0.25) is 0 Å². The Kier molecular flexibility index (Phi) is 10.3. The molecule has 1 aliphatic carbocycles. The van der Waals surface area contributed by atoms with E-state index in [1.165, 1.54) is 31.2 Å². The quantitative estimate of drug-likeness (QED) is 0.674. The van der Waals surface area contributed by atoms with Crippen LogP contribution in [0.25, 0.3) is 0 Å². The molecule has 0 spiro atoms. The molecular formula is C19H32ClNO3. The Balaban J connectivity index is 0.00000288. The first kappa shape index (κ1) is 21.2. The molecule has 2 N–H and O–H groups in total. The van der Waals surface area contributed by atoms with Gasteiger partial charge in [-0.1, -0.05) is 38.8 Å². The highest BCUT2D eigenvalue weighted by molar-refractivity contribution is 5.85. The van der Waals surface area contributed by atoms with Crippen molar-refractivity contribution >= 4 is 12.4 Å². The van der Waals surface area contributed by atoms with Crippen LogP contribution in [0.15, 0.2) is 24.3 Å². The second kappa shape index (κ2) is 11.7. The minimum atomic E-state index is -0.489. The Labute approximate surface area is 152 Å². The molecular weight excluding hydrogens is 326 g/mol. The molecule has 1 unspecified atom stereocenters.